The molecule has 1 nitrogen and oxygen atoms in total. The standard InChI is InChI=1S/C10H19N.C6H6/c1-2-11-9-7-5-3-4-6-8-10-11;1-2-4-6-5-3-1/h2H,1,3-10H2;1-6H. The molecule has 1 aromatic rings. The summed E-state index contributed by atoms with van der Waals surface area (Å²) in [6, 6.07) is 12.0. The van der Waals surface area contributed by atoms with Crippen LogP contribution < -0.4 is 0 Å². The van der Waals surface area contributed by atoms with Crippen molar-refractivity contribution in [2.45, 2.75) is 38.5 Å². The lowest BCUT2D eigenvalue weighted by atomic mass is 10.1. The number of nitrogens with zero attached hydrogens (tertiary/aromatic N) is 1. The number of rotatable bonds is 1. The van der Waals surface area contributed by atoms with Gasteiger partial charge >= 0.3 is 0 Å². The minimum absolute atomic E-state index is 1.23. The van der Waals surface area contributed by atoms with Crippen molar-refractivity contribution in [3.63, 3.8) is 0 Å². The van der Waals surface area contributed by atoms with Crippen LogP contribution in [0.15, 0.2) is 49.2 Å². The highest BCUT2D eigenvalue weighted by atomic mass is 15.1. The van der Waals surface area contributed by atoms with E-state index in [1.807, 2.05) is 42.6 Å². The Hall–Kier alpha value is -1.24. The van der Waals surface area contributed by atoms with Gasteiger partial charge in [-0.25, -0.2) is 0 Å². The molecule has 1 fully saturated rings. The second-order valence-electron chi connectivity index (χ2n) is 4.49. The van der Waals surface area contributed by atoms with Crippen molar-refractivity contribution in [2.24, 2.45) is 0 Å². The van der Waals surface area contributed by atoms with Crippen LogP contribution in [0.25, 0.3) is 0 Å². The number of benzene rings is 1. The van der Waals surface area contributed by atoms with E-state index in [4.69, 9.17) is 0 Å². The van der Waals surface area contributed by atoms with Crippen LogP contribution in [-0.2, 0) is 0 Å². The van der Waals surface area contributed by atoms with Gasteiger partial charge in [-0.05, 0) is 19.0 Å². The Morgan fingerprint density at radius 1 is 0.647 bits per heavy atom. The molecule has 94 valence electrons. The molecule has 0 bridgehead atoms. The zero-order valence-corrected chi connectivity index (χ0v) is 10.9. The van der Waals surface area contributed by atoms with Crippen LogP contribution >= 0.6 is 0 Å². The average Bonchev–Trinajstić information content (AvgIpc) is 2.54. The number of hydrogen-bond donors (Lipinski definition) is 0. The molecule has 2 rings (SSSR count). The monoisotopic (exact) mass is 231 g/mol. The fraction of sp³-hybridized carbons (Fsp3) is 0.500. The van der Waals surface area contributed by atoms with Gasteiger partial charge in [0.25, 0.3) is 0 Å². The largest absolute Gasteiger partial charge is 0.378 e. The van der Waals surface area contributed by atoms with E-state index in [2.05, 4.69) is 11.5 Å². The van der Waals surface area contributed by atoms with Gasteiger partial charge in [-0.2, -0.15) is 0 Å². The van der Waals surface area contributed by atoms with Gasteiger partial charge in [0, 0.05) is 13.1 Å². The van der Waals surface area contributed by atoms with Gasteiger partial charge in [0.15, 0.2) is 0 Å². The number of hydrogen-bond acceptors (Lipinski definition) is 1. The van der Waals surface area contributed by atoms with Crippen molar-refractivity contribution in [1.29, 1.82) is 0 Å². The van der Waals surface area contributed by atoms with Gasteiger partial charge in [0.2, 0.25) is 0 Å². The van der Waals surface area contributed by atoms with Crippen molar-refractivity contribution < 1.29 is 0 Å². The smallest absolute Gasteiger partial charge is 0.0172 e. The van der Waals surface area contributed by atoms with E-state index in [-0.39, 0.29) is 0 Å². The second-order valence-corrected chi connectivity index (χ2v) is 4.49. The van der Waals surface area contributed by atoms with Crippen LogP contribution in [0.2, 0.25) is 0 Å². The Labute approximate surface area is 106 Å². The molecule has 0 aromatic heterocycles. The van der Waals surface area contributed by atoms with Crippen LogP contribution in [0.5, 0.6) is 0 Å². The molecule has 0 N–H and O–H groups in total. The molecular weight excluding hydrogens is 206 g/mol. The Bertz CT molecular complexity index is 231. The Balaban J connectivity index is 0.000000202. The van der Waals surface area contributed by atoms with Crippen molar-refractivity contribution >= 4 is 0 Å². The van der Waals surface area contributed by atoms with Gasteiger partial charge in [-0.3, -0.25) is 0 Å². The molecule has 0 unspecified atom stereocenters. The molecule has 1 aliphatic rings. The molecule has 0 amide bonds. The summed E-state index contributed by atoms with van der Waals surface area (Å²) in [5.74, 6) is 0. The molecule has 0 atom stereocenters. The van der Waals surface area contributed by atoms with E-state index in [1.165, 1.54) is 51.6 Å². The molecule has 0 saturated carbocycles. The third-order valence-corrected chi connectivity index (χ3v) is 3.07. The first-order valence-electron chi connectivity index (χ1n) is 6.80. The van der Waals surface area contributed by atoms with E-state index in [1.54, 1.807) is 0 Å². The summed E-state index contributed by atoms with van der Waals surface area (Å²) >= 11 is 0. The van der Waals surface area contributed by atoms with E-state index in [9.17, 15) is 0 Å². The van der Waals surface area contributed by atoms with Crippen LogP contribution in [0, 0.1) is 0 Å². The summed E-state index contributed by atoms with van der Waals surface area (Å²) in [6.07, 6.45) is 10.4. The minimum Gasteiger partial charge on any atom is -0.378 e. The van der Waals surface area contributed by atoms with Gasteiger partial charge in [0.1, 0.15) is 0 Å². The molecule has 17 heavy (non-hydrogen) atoms. The van der Waals surface area contributed by atoms with Crippen molar-refractivity contribution in [1.82, 2.24) is 4.90 Å². The Morgan fingerprint density at radius 2 is 1.00 bits per heavy atom. The van der Waals surface area contributed by atoms with Crippen LogP contribution in [0.4, 0.5) is 0 Å². The molecule has 1 aromatic carbocycles. The molecule has 1 heterocycles. The lowest BCUT2D eigenvalue weighted by Gasteiger charge is -2.18. The normalized spacial score (nSPS) is 16.8. The highest BCUT2D eigenvalue weighted by molar-refractivity contribution is 4.99. The van der Waals surface area contributed by atoms with E-state index in [0.29, 0.717) is 0 Å². The predicted octanol–water partition coefficient (Wildman–Crippen LogP) is 4.47. The third kappa shape index (κ3) is 7.62. The maximum absolute atomic E-state index is 3.81. The summed E-state index contributed by atoms with van der Waals surface area (Å²) in [5, 5.41) is 0. The van der Waals surface area contributed by atoms with Gasteiger partial charge in [-0.1, -0.05) is 68.7 Å². The van der Waals surface area contributed by atoms with Crippen molar-refractivity contribution in [2.75, 3.05) is 13.1 Å². The molecule has 1 heteroatoms. The second kappa shape index (κ2) is 9.95. The fourth-order valence-corrected chi connectivity index (χ4v) is 2.02. The minimum atomic E-state index is 1.23. The summed E-state index contributed by atoms with van der Waals surface area (Å²) in [5.41, 5.74) is 0. The topological polar surface area (TPSA) is 3.24 Å². The summed E-state index contributed by atoms with van der Waals surface area (Å²) in [4.78, 5) is 2.35. The summed E-state index contributed by atoms with van der Waals surface area (Å²) in [7, 11) is 0. The lowest BCUT2D eigenvalue weighted by molar-refractivity contribution is 0.367. The van der Waals surface area contributed by atoms with E-state index in [0.717, 1.165) is 0 Å². The first kappa shape index (κ1) is 13.8. The average molecular weight is 231 g/mol. The molecule has 0 spiro atoms. The Morgan fingerprint density at radius 3 is 1.35 bits per heavy atom. The van der Waals surface area contributed by atoms with Crippen molar-refractivity contribution in [3.8, 4) is 0 Å². The van der Waals surface area contributed by atoms with Gasteiger partial charge < -0.3 is 4.90 Å². The summed E-state index contributed by atoms with van der Waals surface area (Å²) in [6.45, 7) is 6.26. The molecular formula is C16H25N. The zero-order valence-electron chi connectivity index (χ0n) is 10.9. The highest BCUT2D eigenvalue weighted by Crippen LogP contribution is 2.10. The third-order valence-electron chi connectivity index (χ3n) is 3.07. The molecule has 1 saturated heterocycles. The maximum Gasteiger partial charge on any atom is 0.0172 e. The van der Waals surface area contributed by atoms with Crippen LogP contribution in [0.1, 0.15) is 38.5 Å². The SMILES string of the molecule is C=CN1CCCCCCCC1.c1ccccc1. The first-order valence-corrected chi connectivity index (χ1v) is 6.80. The van der Waals surface area contributed by atoms with Gasteiger partial charge in [0.05, 0.1) is 0 Å². The van der Waals surface area contributed by atoms with Gasteiger partial charge in [-0.15, -0.1) is 0 Å². The van der Waals surface area contributed by atoms with Crippen molar-refractivity contribution in [3.05, 3.63) is 49.2 Å². The highest BCUT2D eigenvalue weighted by Gasteiger charge is 2.01. The van der Waals surface area contributed by atoms with E-state index < -0.39 is 0 Å². The molecule has 0 aliphatic carbocycles. The fourth-order valence-electron chi connectivity index (χ4n) is 2.02. The maximum atomic E-state index is 3.81. The zero-order chi connectivity index (χ0) is 12.2. The first-order chi connectivity index (χ1) is 8.43. The molecule has 1 aliphatic heterocycles. The van der Waals surface area contributed by atoms with E-state index >= 15 is 0 Å². The van der Waals surface area contributed by atoms with Crippen LogP contribution in [0.3, 0.4) is 0 Å². The lowest BCUT2D eigenvalue weighted by Crippen LogP contribution is -2.18. The predicted molar refractivity (Wildman–Crippen MR) is 75.9 cm³/mol. The van der Waals surface area contributed by atoms with Crippen LogP contribution in [-0.4, -0.2) is 18.0 Å². The summed E-state index contributed by atoms with van der Waals surface area (Å²) < 4.78 is 0. The quantitative estimate of drug-likeness (QED) is 0.689. The molecule has 0 radical (unpaired) electrons. The Kier molecular flexibility index (Phi) is 8.09.